The zero-order valence-electron chi connectivity index (χ0n) is 13.2. The van der Waals surface area contributed by atoms with E-state index in [0.29, 0.717) is 0 Å². The minimum absolute atomic E-state index is 0.0834. The third-order valence-corrected chi connectivity index (χ3v) is 4.27. The highest BCUT2D eigenvalue weighted by atomic mass is 16.5. The Labute approximate surface area is 119 Å². The molecule has 1 rings (SSSR count). The van der Waals surface area contributed by atoms with Crippen LogP contribution in [0.1, 0.15) is 59.3 Å². The minimum atomic E-state index is 0.0834. The van der Waals surface area contributed by atoms with Crippen LogP contribution in [0.25, 0.3) is 0 Å². The van der Waals surface area contributed by atoms with Crippen molar-refractivity contribution in [3.05, 3.63) is 0 Å². The monoisotopic (exact) mass is 271 g/mol. The van der Waals surface area contributed by atoms with E-state index in [1.807, 2.05) is 0 Å². The highest BCUT2D eigenvalue weighted by Gasteiger charge is 2.22. The van der Waals surface area contributed by atoms with Gasteiger partial charge in [-0.25, -0.2) is 0 Å². The van der Waals surface area contributed by atoms with Crippen molar-refractivity contribution < 1.29 is 9.47 Å². The molecule has 1 saturated heterocycles. The number of hydrogen-bond donors (Lipinski definition) is 0. The average Bonchev–Trinajstić information content (AvgIpc) is 2.45. The summed E-state index contributed by atoms with van der Waals surface area (Å²) in [5, 5.41) is 0. The van der Waals surface area contributed by atoms with Crippen molar-refractivity contribution in [1.82, 2.24) is 4.90 Å². The van der Waals surface area contributed by atoms with Gasteiger partial charge in [-0.1, -0.05) is 39.5 Å². The zero-order chi connectivity index (χ0) is 14.0. The Kier molecular flexibility index (Phi) is 8.67. The lowest BCUT2D eigenvalue weighted by Gasteiger charge is -2.32. The maximum absolute atomic E-state index is 6.18. The van der Waals surface area contributed by atoms with Gasteiger partial charge in [0, 0.05) is 19.6 Å². The van der Waals surface area contributed by atoms with E-state index in [4.69, 9.17) is 9.47 Å². The van der Waals surface area contributed by atoms with E-state index in [2.05, 4.69) is 25.7 Å². The van der Waals surface area contributed by atoms with Crippen molar-refractivity contribution >= 4 is 0 Å². The fraction of sp³-hybridized carbons (Fsp3) is 1.00. The Hall–Kier alpha value is -0.120. The lowest BCUT2D eigenvalue weighted by molar-refractivity contribution is -0.0570. The van der Waals surface area contributed by atoms with E-state index in [9.17, 15) is 0 Å². The smallest absolute Gasteiger partial charge is 0.0652 e. The van der Waals surface area contributed by atoms with Gasteiger partial charge in [0.05, 0.1) is 25.4 Å². The van der Waals surface area contributed by atoms with Crippen LogP contribution in [0.2, 0.25) is 0 Å². The number of ether oxygens (including phenoxy) is 2. The molecule has 0 spiro atoms. The largest absolute Gasteiger partial charge is 0.379 e. The summed E-state index contributed by atoms with van der Waals surface area (Å²) in [5.41, 5.74) is 0.0834. The number of morpholine rings is 1. The average molecular weight is 271 g/mol. The normalized spacial score (nSPS) is 20.4. The van der Waals surface area contributed by atoms with Gasteiger partial charge in [0.25, 0.3) is 0 Å². The van der Waals surface area contributed by atoms with Crippen LogP contribution in [-0.4, -0.2) is 50.0 Å². The van der Waals surface area contributed by atoms with Gasteiger partial charge in [0.15, 0.2) is 0 Å². The molecule has 114 valence electrons. The molecule has 0 radical (unpaired) electrons. The van der Waals surface area contributed by atoms with Gasteiger partial charge < -0.3 is 9.47 Å². The molecule has 0 bridgehead atoms. The van der Waals surface area contributed by atoms with E-state index >= 15 is 0 Å². The second-order valence-corrected chi connectivity index (χ2v) is 5.92. The van der Waals surface area contributed by atoms with E-state index < -0.39 is 0 Å². The zero-order valence-corrected chi connectivity index (χ0v) is 13.2. The first-order valence-electron chi connectivity index (χ1n) is 8.14. The fourth-order valence-corrected chi connectivity index (χ4v) is 2.52. The van der Waals surface area contributed by atoms with Crippen LogP contribution in [0.15, 0.2) is 0 Å². The van der Waals surface area contributed by atoms with Crippen LogP contribution in [0.3, 0.4) is 0 Å². The molecule has 1 heterocycles. The lowest BCUT2D eigenvalue weighted by Crippen LogP contribution is -2.40. The Morgan fingerprint density at radius 3 is 2.47 bits per heavy atom. The number of nitrogens with zero attached hydrogens (tertiary/aromatic N) is 1. The van der Waals surface area contributed by atoms with Gasteiger partial charge in [-0.15, -0.1) is 0 Å². The van der Waals surface area contributed by atoms with Crippen LogP contribution in [0.4, 0.5) is 0 Å². The molecular formula is C16H33NO2. The maximum Gasteiger partial charge on any atom is 0.0652 e. The van der Waals surface area contributed by atoms with Gasteiger partial charge >= 0.3 is 0 Å². The summed E-state index contributed by atoms with van der Waals surface area (Å²) in [6.45, 7) is 12.6. The van der Waals surface area contributed by atoms with E-state index in [-0.39, 0.29) is 5.60 Å². The first-order chi connectivity index (χ1) is 9.20. The summed E-state index contributed by atoms with van der Waals surface area (Å²) in [6, 6.07) is 0. The first kappa shape index (κ1) is 16.9. The second kappa shape index (κ2) is 9.73. The number of hydrogen-bond acceptors (Lipinski definition) is 3. The predicted octanol–water partition coefficient (Wildman–Crippen LogP) is 3.47. The third kappa shape index (κ3) is 7.28. The Bertz CT molecular complexity index is 217. The molecule has 1 atom stereocenters. The number of rotatable bonds is 10. The molecule has 19 heavy (non-hydrogen) atoms. The molecule has 0 amide bonds. The standard InChI is InChI=1S/C16H33NO2/c1-4-6-7-8-9-16(3,5-2)19-15-12-17-10-13-18-14-11-17/h4-15H2,1-3H3. The van der Waals surface area contributed by atoms with Crippen LogP contribution >= 0.6 is 0 Å². The molecule has 1 fully saturated rings. The number of unbranched alkanes of at least 4 members (excludes halogenated alkanes) is 3. The predicted molar refractivity (Wildman–Crippen MR) is 80.7 cm³/mol. The highest BCUT2D eigenvalue weighted by Crippen LogP contribution is 2.23. The van der Waals surface area contributed by atoms with Gasteiger partial charge in [0.1, 0.15) is 0 Å². The summed E-state index contributed by atoms with van der Waals surface area (Å²) in [6.07, 6.45) is 7.62. The first-order valence-corrected chi connectivity index (χ1v) is 8.14. The summed E-state index contributed by atoms with van der Waals surface area (Å²) in [7, 11) is 0. The summed E-state index contributed by atoms with van der Waals surface area (Å²) < 4.78 is 11.5. The lowest BCUT2D eigenvalue weighted by atomic mass is 9.95. The Morgan fingerprint density at radius 2 is 1.84 bits per heavy atom. The Balaban J connectivity index is 2.14. The molecule has 3 nitrogen and oxygen atoms in total. The molecule has 0 N–H and O–H groups in total. The molecule has 3 heteroatoms. The van der Waals surface area contributed by atoms with Gasteiger partial charge in [-0.2, -0.15) is 0 Å². The van der Waals surface area contributed by atoms with Gasteiger partial charge in [0.2, 0.25) is 0 Å². The second-order valence-electron chi connectivity index (χ2n) is 5.92. The summed E-state index contributed by atoms with van der Waals surface area (Å²) in [4.78, 5) is 2.44. The minimum Gasteiger partial charge on any atom is -0.379 e. The third-order valence-electron chi connectivity index (χ3n) is 4.27. The molecule has 1 unspecified atom stereocenters. The molecule has 0 aromatic carbocycles. The summed E-state index contributed by atoms with van der Waals surface area (Å²) in [5.74, 6) is 0. The molecule has 0 aliphatic carbocycles. The van der Waals surface area contributed by atoms with Crippen molar-refractivity contribution in [1.29, 1.82) is 0 Å². The quantitative estimate of drug-likeness (QED) is 0.568. The van der Waals surface area contributed by atoms with E-state index in [1.165, 1.54) is 32.1 Å². The molecular weight excluding hydrogens is 238 g/mol. The van der Waals surface area contributed by atoms with Gasteiger partial charge in [-0.05, 0) is 19.8 Å². The van der Waals surface area contributed by atoms with Crippen molar-refractivity contribution in [3.63, 3.8) is 0 Å². The molecule has 1 aliphatic rings. The van der Waals surface area contributed by atoms with Crippen LogP contribution in [0.5, 0.6) is 0 Å². The molecule has 0 saturated carbocycles. The fourth-order valence-electron chi connectivity index (χ4n) is 2.52. The Morgan fingerprint density at radius 1 is 1.11 bits per heavy atom. The SMILES string of the molecule is CCCCCCC(C)(CC)OCCN1CCOCC1. The van der Waals surface area contributed by atoms with Crippen LogP contribution < -0.4 is 0 Å². The van der Waals surface area contributed by atoms with Gasteiger partial charge in [-0.3, -0.25) is 4.90 Å². The highest BCUT2D eigenvalue weighted by molar-refractivity contribution is 4.74. The molecule has 1 aliphatic heterocycles. The summed E-state index contributed by atoms with van der Waals surface area (Å²) >= 11 is 0. The van der Waals surface area contributed by atoms with Crippen molar-refractivity contribution in [2.45, 2.75) is 64.9 Å². The van der Waals surface area contributed by atoms with E-state index in [0.717, 1.165) is 45.9 Å². The topological polar surface area (TPSA) is 21.7 Å². The van der Waals surface area contributed by atoms with Crippen LogP contribution in [0, 0.1) is 0 Å². The van der Waals surface area contributed by atoms with E-state index in [1.54, 1.807) is 0 Å². The molecule has 0 aromatic heterocycles. The van der Waals surface area contributed by atoms with Crippen LogP contribution in [-0.2, 0) is 9.47 Å². The molecule has 0 aromatic rings. The van der Waals surface area contributed by atoms with Crippen molar-refractivity contribution in [2.75, 3.05) is 39.5 Å². The maximum atomic E-state index is 6.18. The van der Waals surface area contributed by atoms with Crippen molar-refractivity contribution in [3.8, 4) is 0 Å². The van der Waals surface area contributed by atoms with Crippen molar-refractivity contribution in [2.24, 2.45) is 0 Å².